The third kappa shape index (κ3) is 4.46. The van der Waals surface area contributed by atoms with Crippen LogP contribution < -0.4 is 19.7 Å². The summed E-state index contributed by atoms with van der Waals surface area (Å²) in [5.74, 6) is 1.13. The number of amides is 2. The van der Waals surface area contributed by atoms with Gasteiger partial charge < -0.3 is 24.1 Å². The molecule has 0 saturated heterocycles. The van der Waals surface area contributed by atoms with E-state index in [0.717, 1.165) is 11.3 Å². The highest BCUT2D eigenvalue weighted by molar-refractivity contribution is 6.03. The predicted octanol–water partition coefficient (Wildman–Crippen LogP) is 4.03. The third-order valence-corrected chi connectivity index (χ3v) is 4.69. The maximum atomic E-state index is 12.4. The molecule has 2 amide bonds. The van der Waals surface area contributed by atoms with Gasteiger partial charge in [-0.15, -0.1) is 0 Å². The summed E-state index contributed by atoms with van der Waals surface area (Å²) >= 11 is 0. The van der Waals surface area contributed by atoms with E-state index < -0.39 is 0 Å². The van der Waals surface area contributed by atoms with Gasteiger partial charge >= 0.3 is 0 Å². The molecular formula is C23H22N2O5. The Bertz CT molecular complexity index is 1050. The van der Waals surface area contributed by atoms with Gasteiger partial charge in [0.2, 0.25) is 0 Å². The average molecular weight is 406 g/mol. The molecule has 154 valence electrons. The molecule has 0 bridgehead atoms. The van der Waals surface area contributed by atoms with Crippen LogP contribution in [0.25, 0.3) is 0 Å². The summed E-state index contributed by atoms with van der Waals surface area (Å²) in [5.41, 5.74) is 2.31. The number of furan rings is 1. The second kappa shape index (κ2) is 8.73. The highest BCUT2D eigenvalue weighted by Gasteiger charge is 2.26. The first-order valence-corrected chi connectivity index (χ1v) is 9.72. The molecule has 4 rings (SSSR count). The summed E-state index contributed by atoms with van der Waals surface area (Å²) in [4.78, 5) is 26.3. The Labute approximate surface area is 174 Å². The molecular weight excluding hydrogens is 384 g/mol. The molecule has 0 spiro atoms. The van der Waals surface area contributed by atoms with Crippen LogP contribution in [0.5, 0.6) is 11.5 Å². The van der Waals surface area contributed by atoms with E-state index in [4.69, 9.17) is 13.9 Å². The molecule has 1 N–H and O–H groups in total. The van der Waals surface area contributed by atoms with Crippen LogP contribution in [0.15, 0.2) is 65.3 Å². The minimum atomic E-state index is -0.360. The zero-order chi connectivity index (χ0) is 20.9. The number of nitrogens with zero attached hydrogens (tertiary/aromatic N) is 1. The van der Waals surface area contributed by atoms with Crippen LogP contribution in [0.2, 0.25) is 0 Å². The number of hydrogen-bond acceptors (Lipinski definition) is 5. The SMILES string of the molecule is Cc1cccc(OCCCN2C(=O)COc3ccc(NC(=O)c4ccco4)cc32)c1. The first-order valence-electron chi connectivity index (χ1n) is 9.72. The Hall–Kier alpha value is -3.74. The first-order chi connectivity index (χ1) is 14.6. The Morgan fingerprint density at radius 1 is 1.17 bits per heavy atom. The number of ether oxygens (including phenoxy) is 2. The smallest absolute Gasteiger partial charge is 0.291 e. The molecule has 7 nitrogen and oxygen atoms in total. The summed E-state index contributed by atoms with van der Waals surface area (Å²) in [7, 11) is 0. The monoisotopic (exact) mass is 406 g/mol. The van der Waals surface area contributed by atoms with Crippen molar-refractivity contribution in [2.24, 2.45) is 0 Å². The van der Waals surface area contributed by atoms with Gasteiger partial charge in [0, 0.05) is 12.2 Å². The van der Waals surface area contributed by atoms with E-state index in [1.165, 1.54) is 6.26 Å². The summed E-state index contributed by atoms with van der Waals surface area (Å²) in [6, 6.07) is 16.3. The lowest BCUT2D eigenvalue weighted by molar-refractivity contribution is -0.121. The molecule has 0 atom stereocenters. The number of hydrogen-bond donors (Lipinski definition) is 1. The van der Waals surface area contributed by atoms with Gasteiger partial charge in [0.15, 0.2) is 12.4 Å². The predicted molar refractivity (Wildman–Crippen MR) is 112 cm³/mol. The van der Waals surface area contributed by atoms with Crippen LogP contribution >= 0.6 is 0 Å². The van der Waals surface area contributed by atoms with Crippen LogP contribution in [0, 0.1) is 6.92 Å². The lowest BCUT2D eigenvalue weighted by Gasteiger charge is -2.29. The topological polar surface area (TPSA) is 81.0 Å². The molecule has 0 saturated carbocycles. The number of anilines is 2. The lowest BCUT2D eigenvalue weighted by Crippen LogP contribution is -2.39. The molecule has 0 unspecified atom stereocenters. The van der Waals surface area contributed by atoms with Crippen molar-refractivity contribution in [1.82, 2.24) is 0 Å². The zero-order valence-corrected chi connectivity index (χ0v) is 16.6. The Balaban J connectivity index is 1.41. The molecule has 3 aromatic rings. The number of rotatable bonds is 7. The summed E-state index contributed by atoms with van der Waals surface area (Å²) < 4.78 is 16.4. The summed E-state index contributed by atoms with van der Waals surface area (Å²) in [5, 5.41) is 2.77. The maximum absolute atomic E-state index is 12.4. The fraction of sp³-hybridized carbons (Fsp3) is 0.217. The second-order valence-electron chi connectivity index (χ2n) is 6.97. The number of aryl methyl sites for hydroxylation is 1. The molecule has 2 aromatic carbocycles. The van der Waals surface area contributed by atoms with Gasteiger partial charge in [-0.1, -0.05) is 12.1 Å². The van der Waals surface area contributed by atoms with E-state index in [0.29, 0.717) is 36.7 Å². The van der Waals surface area contributed by atoms with E-state index in [9.17, 15) is 9.59 Å². The van der Waals surface area contributed by atoms with Gasteiger partial charge in [-0.3, -0.25) is 9.59 Å². The van der Waals surface area contributed by atoms with Gasteiger partial charge in [0.25, 0.3) is 11.8 Å². The Kier molecular flexibility index (Phi) is 5.70. The maximum Gasteiger partial charge on any atom is 0.291 e. The van der Waals surface area contributed by atoms with Crippen molar-refractivity contribution in [1.29, 1.82) is 0 Å². The lowest BCUT2D eigenvalue weighted by atomic mass is 10.2. The van der Waals surface area contributed by atoms with Crippen LogP contribution in [0.4, 0.5) is 11.4 Å². The zero-order valence-electron chi connectivity index (χ0n) is 16.6. The molecule has 7 heteroatoms. The Morgan fingerprint density at radius 3 is 2.87 bits per heavy atom. The van der Waals surface area contributed by atoms with Gasteiger partial charge in [-0.25, -0.2) is 0 Å². The summed E-state index contributed by atoms with van der Waals surface area (Å²) in [6.45, 7) is 2.97. The van der Waals surface area contributed by atoms with Crippen molar-refractivity contribution in [3.8, 4) is 11.5 Å². The highest BCUT2D eigenvalue weighted by atomic mass is 16.5. The van der Waals surface area contributed by atoms with Crippen LogP contribution in [0.1, 0.15) is 22.5 Å². The minimum absolute atomic E-state index is 0.0101. The van der Waals surface area contributed by atoms with Crippen molar-refractivity contribution < 1.29 is 23.5 Å². The van der Waals surface area contributed by atoms with Crippen molar-refractivity contribution in [2.45, 2.75) is 13.3 Å². The van der Waals surface area contributed by atoms with E-state index in [-0.39, 0.29) is 24.2 Å². The number of fused-ring (bicyclic) bond motifs is 1. The number of benzene rings is 2. The van der Waals surface area contributed by atoms with E-state index in [1.807, 2.05) is 31.2 Å². The number of carbonyl (C=O) groups is 2. The fourth-order valence-corrected chi connectivity index (χ4v) is 3.24. The van der Waals surface area contributed by atoms with Crippen molar-refractivity contribution in [3.05, 3.63) is 72.2 Å². The molecule has 2 heterocycles. The number of carbonyl (C=O) groups excluding carboxylic acids is 2. The largest absolute Gasteiger partial charge is 0.494 e. The fourth-order valence-electron chi connectivity index (χ4n) is 3.24. The van der Waals surface area contributed by atoms with E-state index in [2.05, 4.69) is 5.32 Å². The van der Waals surface area contributed by atoms with Crippen molar-refractivity contribution >= 4 is 23.2 Å². The normalized spacial score (nSPS) is 12.8. The molecule has 0 radical (unpaired) electrons. The first kappa shape index (κ1) is 19.6. The number of nitrogens with one attached hydrogen (secondary N) is 1. The third-order valence-electron chi connectivity index (χ3n) is 4.69. The van der Waals surface area contributed by atoms with Gasteiger partial charge in [-0.05, 0) is 61.4 Å². The average Bonchev–Trinajstić information content (AvgIpc) is 3.28. The van der Waals surface area contributed by atoms with E-state index in [1.54, 1.807) is 35.2 Å². The van der Waals surface area contributed by atoms with Crippen LogP contribution in [0.3, 0.4) is 0 Å². The second-order valence-corrected chi connectivity index (χ2v) is 6.97. The molecule has 0 aliphatic carbocycles. The van der Waals surface area contributed by atoms with Crippen molar-refractivity contribution in [3.63, 3.8) is 0 Å². The van der Waals surface area contributed by atoms with E-state index >= 15 is 0 Å². The van der Waals surface area contributed by atoms with Gasteiger partial charge in [0.1, 0.15) is 11.5 Å². The molecule has 0 fully saturated rings. The highest BCUT2D eigenvalue weighted by Crippen LogP contribution is 2.34. The standard InChI is InChI=1S/C23H22N2O5/c1-16-5-2-6-18(13-16)28-12-4-10-25-19-14-17(8-9-20(19)30-15-22(25)26)24-23(27)21-7-3-11-29-21/h2-3,5-9,11,13-14H,4,10,12,15H2,1H3,(H,24,27). The van der Waals surface area contributed by atoms with Gasteiger partial charge in [0.05, 0.1) is 18.6 Å². The molecule has 30 heavy (non-hydrogen) atoms. The van der Waals surface area contributed by atoms with Crippen LogP contribution in [-0.4, -0.2) is 31.6 Å². The van der Waals surface area contributed by atoms with Crippen molar-refractivity contribution in [2.75, 3.05) is 30.0 Å². The molecule has 1 aromatic heterocycles. The molecule has 1 aliphatic heterocycles. The van der Waals surface area contributed by atoms with Gasteiger partial charge in [-0.2, -0.15) is 0 Å². The Morgan fingerprint density at radius 2 is 2.07 bits per heavy atom. The molecule has 1 aliphatic rings. The minimum Gasteiger partial charge on any atom is -0.494 e. The summed E-state index contributed by atoms with van der Waals surface area (Å²) in [6.07, 6.45) is 2.09. The quantitative estimate of drug-likeness (QED) is 0.599. The van der Waals surface area contributed by atoms with Crippen LogP contribution in [-0.2, 0) is 4.79 Å².